The van der Waals surface area contributed by atoms with Crippen molar-refractivity contribution in [3.63, 3.8) is 0 Å². The third-order valence-corrected chi connectivity index (χ3v) is 2.54. The summed E-state index contributed by atoms with van der Waals surface area (Å²) in [6, 6.07) is 15.5. The van der Waals surface area contributed by atoms with E-state index in [-0.39, 0.29) is 5.56 Å². The van der Waals surface area contributed by atoms with Gasteiger partial charge in [0.2, 0.25) is 0 Å². The molecule has 0 fully saturated rings. The third-order valence-electron chi connectivity index (χ3n) is 2.32. The maximum absolute atomic E-state index is 12.8. The molecule has 0 amide bonds. The van der Waals surface area contributed by atoms with Crippen LogP contribution in [0.25, 0.3) is 11.1 Å². The second kappa shape index (κ2) is 4.22. The maximum atomic E-state index is 12.8. The van der Waals surface area contributed by atoms with Crippen molar-refractivity contribution >= 4 is 11.6 Å². The van der Waals surface area contributed by atoms with Gasteiger partial charge in [0.05, 0.1) is 0 Å². The molecule has 0 saturated heterocycles. The van der Waals surface area contributed by atoms with Gasteiger partial charge < -0.3 is 0 Å². The molecule has 82 valence electrons. The molecule has 0 saturated carbocycles. The molecule has 0 N–H and O–H groups in total. The van der Waals surface area contributed by atoms with Gasteiger partial charge in [-0.25, -0.2) is 0 Å². The highest BCUT2D eigenvalue weighted by molar-refractivity contribution is 6.21. The molecule has 2 aromatic carbocycles. The molecule has 0 bridgehead atoms. The van der Waals surface area contributed by atoms with E-state index in [1.807, 2.05) is 30.3 Å². The molecule has 0 aliphatic rings. The first-order valence-corrected chi connectivity index (χ1v) is 5.18. The van der Waals surface area contributed by atoms with Crippen molar-refractivity contribution in [2.24, 2.45) is 0 Å². The Kier molecular flexibility index (Phi) is 2.92. The summed E-state index contributed by atoms with van der Waals surface area (Å²) < 4.78 is 25.5. The lowest BCUT2D eigenvalue weighted by atomic mass is 10.0. The van der Waals surface area contributed by atoms with Crippen molar-refractivity contribution in [1.29, 1.82) is 0 Å². The molecule has 0 radical (unpaired) electrons. The SMILES string of the molecule is FC(F)(Cl)c1ccc(-c2ccccc2)cc1. The Labute approximate surface area is 97.5 Å². The normalized spacial score (nSPS) is 11.4. The molecule has 0 atom stereocenters. The summed E-state index contributed by atoms with van der Waals surface area (Å²) in [6.45, 7) is 0. The van der Waals surface area contributed by atoms with Crippen molar-refractivity contribution in [3.05, 3.63) is 60.2 Å². The molecular weight excluding hydrogens is 230 g/mol. The van der Waals surface area contributed by atoms with Crippen LogP contribution in [0.1, 0.15) is 5.56 Å². The smallest absolute Gasteiger partial charge is 0.183 e. The summed E-state index contributed by atoms with van der Waals surface area (Å²) in [5.41, 5.74) is 1.70. The Morgan fingerprint density at radius 3 is 1.75 bits per heavy atom. The first-order chi connectivity index (χ1) is 7.57. The van der Waals surface area contributed by atoms with E-state index in [9.17, 15) is 8.78 Å². The van der Waals surface area contributed by atoms with E-state index in [2.05, 4.69) is 0 Å². The molecule has 2 aromatic rings. The average molecular weight is 239 g/mol. The van der Waals surface area contributed by atoms with E-state index in [0.29, 0.717) is 0 Å². The van der Waals surface area contributed by atoms with Crippen molar-refractivity contribution in [2.45, 2.75) is 5.38 Å². The largest absolute Gasteiger partial charge is 0.348 e. The zero-order chi connectivity index (χ0) is 11.6. The lowest BCUT2D eigenvalue weighted by Gasteiger charge is -2.08. The fourth-order valence-corrected chi connectivity index (χ4v) is 1.61. The summed E-state index contributed by atoms with van der Waals surface area (Å²) in [5, 5.41) is -3.30. The Morgan fingerprint density at radius 2 is 1.25 bits per heavy atom. The Bertz CT molecular complexity index is 458. The van der Waals surface area contributed by atoms with Gasteiger partial charge in [-0.2, -0.15) is 8.78 Å². The van der Waals surface area contributed by atoms with Crippen LogP contribution < -0.4 is 0 Å². The van der Waals surface area contributed by atoms with Crippen LogP contribution in [0.15, 0.2) is 54.6 Å². The standard InChI is InChI=1S/C13H9ClF2/c14-13(15,16)12-8-6-11(7-9-12)10-4-2-1-3-5-10/h1-9H. The Hall–Kier alpha value is -1.41. The summed E-state index contributed by atoms with van der Waals surface area (Å²) in [6.07, 6.45) is 0. The molecule has 0 aliphatic carbocycles. The topological polar surface area (TPSA) is 0 Å². The van der Waals surface area contributed by atoms with Gasteiger partial charge in [-0.15, -0.1) is 0 Å². The second-order valence-electron chi connectivity index (χ2n) is 3.44. The number of hydrogen-bond donors (Lipinski definition) is 0. The van der Waals surface area contributed by atoms with Gasteiger partial charge in [-0.05, 0) is 22.7 Å². The number of hydrogen-bond acceptors (Lipinski definition) is 0. The van der Waals surface area contributed by atoms with Crippen LogP contribution in [-0.4, -0.2) is 0 Å². The lowest BCUT2D eigenvalue weighted by molar-refractivity contribution is 0.0951. The van der Waals surface area contributed by atoms with E-state index in [1.165, 1.54) is 12.1 Å². The predicted molar refractivity (Wildman–Crippen MR) is 61.6 cm³/mol. The average Bonchev–Trinajstić information content (AvgIpc) is 2.29. The van der Waals surface area contributed by atoms with E-state index in [0.717, 1.165) is 11.1 Å². The van der Waals surface area contributed by atoms with Crippen molar-refractivity contribution < 1.29 is 8.78 Å². The molecule has 0 unspecified atom stereocenters. The van der Waals surface area contributed by atoms with Crippen LogP contribution >= 0.6 is 11.6 Å². The van der Waals surface area contributed by atoms with Crippen molar-refractivity contribution in [3.8, 4) is 11.1 Å². The zero-order valence-electron chi connectivity index (χ0n) is 8.33. The zero-order valence-corrected chi connectivity index (χ0v) is 9.09. The van der Waals surface area contributed by atoms with Gasteiger partial charge in [0, 0.05) is 5.56 Å². The molecular formula is C13H9ClF2. The van der Waals surface area contributed by atoms with Crippen LogP contribution in [0.2, 0.25) is 0 Å². The predicted octanol–water partition coefficient (Wildman–Crippen LogP) is 4.64. The van der Waals surface area contributed by atoms with Crippen molar-refractivity contribution in [2.75, 3.05) is 0 Å². The Balaban J connectivity index is 2.34. The van der Waals surface area contributed by atoms with Crippen LogP contribution in [0.5, 0.6) is 0 Å². The molecule has 3 heteroatoms. The van der Waals surface area contributed by atoms with Gasteiger partial charge >= 0.3 is 5.38 Å². The highest BCUT2D eigenvalue weighted by Crippen LogP contribution is 2.33. The first kappa shape index (κ1) is 11.1. The van der Waals surface area contributed by atoms with Crippen LogP contribution in [0, 0.1) is 0 Å². The van der Waals surface area contributed by atoms with Gasteiger partial charge in [0.1, 0.15) is 0 Å². The van der Waals surface area contributed by atoms with Crippen LogP contribution in [0.4, 0.5) is 8.78 Å². The minimum Gasteiger partial charge on any atom is -0.183 e. The molecule has 0 aliphatic heterocycles. The van der Waals surface area contributed by atoms with Gasteiger partial charge in [-0.3, -0.25) is 0 Å². The van der Waals surface area contributed by atoms with Crippen molar-refractivity contribution in [1.82, 2.24) is 0 Å². The first-order valence-electron chi connectivity index (χ1n) is 4.80. The molecule has 0 nitrogen and oxygen atoms in total. The van der Waals surface area contributed by atoms with Gasteiger partial charge in [-0.1, -0.05) is 54.6 Å². The Morgan fingerprint density at radius 1 is 0.750 bits per heavy atom. The molecule has 2 rings (SSSR count). The number of alkyl halides is 3. The van der Waals surface area contributed by atoms with Crippen LogP contribution in [-0.2, 0) is 5.38 Å². The minimum atomic E-state index is -3.30. The highest BCUT2D eigenvalue weighted by Gasteiger charge is 2.27. The van der Waals surface area contributed by atoms with E-state index < -0.39 is 5.38 Å². The molecule has 0 spiro atoms. The lowest BCUT2D eigenvalue weighted by Crippen LogP contribution is -2.02. The number of rotatable bonds is 2. The van der Waals surface area contributed by atoms with E-state index in [1.54, 1.807) is 12.1 Å². The molecule has 0 aromatic heterocycles. The molecule has 0 heterocycles. The van der Waals surface area contributed by atoms with Gasteiger partial charge in [0.15, 0.2) is 0 Å². The third kappa shape index (κ3) is 2.39. The number of benzene rings is 2. The minimum absolute atomic E-state index is 0.186. The number of halogens is 3. The van der Waals surface area contributed by atoms with Crippen LogP contribution in [0.3, 0.4) is 0 Å². The molecule has 16 heavy (non-hydrogen) atoms. The maximum Gasteiger partial charge on any atom is 0.348 e. The van der Waals surface area contributed by atoms with E-state index >= 15 is 0 Å². The monoisotopic (exact) mass is 238 g/mol. The summed E-state index contributed by atoms with van der Waals surface area (Å²) in [4.78, 5) is 0. The van der Waals surface area contributed by atoms with E-state index in [4.69, 9.17) is 11.6 Å². The second-order valence-corrected chi connectivity index (χ2v) is 3.92. The fourth-order valence-electron chi connectivity index (χ4n) is 1.48. The summed E-state index contributed by atoms with van der Waals surface area (Å²) in [7, 11) is 0. The highest BCUT2D eigenvalue weighted by atomic mass is 35.5. The fraction of sp³-hybridized carbons (Fsp3) is 0.0769. The summed E-state index contributed by atoms with van der Waals surface area (Å²) >= 11 is 4.92. The quantitative estimate of drug-likeness (QED) is 0.669. The summed E-state index contributed by atoms with van der Waals surface area (Å²) in [5.74, 6) is 0. The van der Waals surface area contributed by atoms with Gasteiger partial charge in [0.25, 0.3) is 0 Å².